The highest BCUT2D eigenvalue weighted by Crippen LogP contribution is 2.21. The quantitative estimate of drug-likeness (QED) is 0.183. The first-order valence-corrected chi connectivity index (χ1v) is 11.5. The molecule has 0 saturated heterocycles. The van der Waals surface area contributed by atoms with Gasteiger partial charge in [-0.05, 0) is 6.54 Å². The van der Waals surface area contributed by atoms with E-state index >= 15 is 0 Å². The fourth-order valence-corrected chi connectivity index (χ4v) is 3.21. The lowest BCUT2D eigenvalue weighted by atomic mass is 10.1. The second-order valence-corrected chi connectivity index (χ2v) is 8.98. The van der Waals surface area contributed by atoms with Crippen molar-refractivity contribution in [3.8, 4) is 0 Å². The Bertz CT molecular complexity index is 1030. The molecule has 2 heterocycles. The third kappa shape index (κ3) is 8.82. The summed E-state index contributed by atoms with van der Waals surface area (Å²) in [5.41, 5.74) is 11.6. The summed E-state index contributed by atoms with van der Waals surface area (Å²) in [5.74, 6) is -0.814. The van der Waals surface area contributed by atoms with Crippen LogP contribution < -0.4 is 27.8 Å². The number of likely N-dealkylation sites (N-methyl/N-ethyl adjacent to an activating group) is 1. The van der Waals surface area contributed by atoms with Crippen molar-refractivity contribution in [3.63, 3.8) is 0 Å². The summed E-state index contributed by atoms with van der Waals surface area (Å²) in [4.78, 5) is 45.0. The maximum atomic E-state index is 12.4. The Hall–Kier alpha value is -2.87. The molecular formula is C15H23F3N8O6S2. The Labute approximate surface area is 195 Å². The van der Waals surface area contributed by atoms with E-state index in [4.69, 9.17) is 30.2 Å². The van der Waals surface area contributed by atoms with Crippen molar-refractivity contribution in [2.45, 2.75) is 30.4 Å². The van der Waals surface area contributed by atoms with E-state index in [0.29, 0.717) is 18.7 Å². The number of nitrogens with zero attached hydrogens (tertiary/aromatic N) is 3. The molecule has 2 atom stereocenters. The van der Waals surface area contributed by atoms with E-state index in [1.807, 2.05) is 5.38 Å². The van der Waals surface area contributed by atoms with Crippen molar-refractivity contribution >= 4 is 45.3 Å². The number of aliphatic imine (C=N–C) groups is 1. The Kier molecular flexibility index (Phi) is 10.3. The van der Waals surface area contributed by atoms with Gasteiger partial charge in [0.2, 0.25) is 11.9 Å². The standard InChI is InChI=1S/C14H22N8O3S.CHF3O3S/c1-22(9-5-18-14(20-12(9)24)21-13(17)25)11(23)4-7(16)8-6-26-10(19-8)2-3-15;2-1(3,4)8(5,6)7/h6-7,9H,2-5,15-16H2,1H3,(H4,17,18,20,21,24,25);(H,5,6,7)/t7-,9?;/m1./s1. The molecule has 2 rings (SSSR count). The number of guanidine groups is 1. The van der Waals surface area contributed by atoms with Crippen LogP contribution in [-0.4, -0.2) is 78.3 Å². The van der Waals surface area contributed by atoms with Gasteiger partial charge in [0.1, 0.15) is 6.04 Å². The fraction of sp³-hybridized carbons (Fsp3) is 0.533. The summed E-state index contributed by atoms with van der Waals surface area (Å²) in [6.07, 6.45) is 0.662. The first-order chi connectivity index (χ1) is 15.6. The number of amides is 4. The largest absolute Gasteiger partial charge is 0.522 e. The highest BCUT2D eigenvalue weighted by Gasteiger charge is 2.44. The SMILES string of the molecule is CN(C(=O)C[C@@H](N)c1csc(CCN)n1)C1CN=C(NC(N)=O)NC1=O.O=S(=O)(O)C(F)(F)F. The summed E-state index contributed by atoms with van der Waals surface area (Å²) in [6, 6.07) is -2.21. The van der Waals surface area contributed by atoms with Gasteiger partial charge in [0.15, 0.2) is 0 Å². The molecule has 1 unspecified atom stereocenters. The zero-order valence-electron chi connectivity index (χ0n) is 17.6. The number of urea groups is 1. The molecule has 34 heavy (non-hydrogen) atoms. The third-order valence-corrected chi connectivity index (χ3v) is 5.58. The first-order valence-electron chi connectivity index (χ1n) is 9.18. The lowest BCUT2D eigenvalue weighted by Gasteiger charge is -2.29. The van der Waals surface area contributed by atoms with Gasteiger partial charge in [-0.3, -0.25) is 24.8 Å². The molecule has 192 valence electrons. The van der Waals surface area contributed by atoms with Crippen LogP contribution in [0.4, 0.5) is 18.0 Å². The number of primary amides is 1. The fourth-order valence-electron chi connectivity index (χ4n) is 2.33. The van der Waals surface area contributed by atoms with Crippen LogP contribution in [0.1, 0.15) is 23.2 Å². The van der Waals surface area contributed by atoms with E-state index < -0.39 is 39.6 Å². The number of carbonyl (C=O) groups excluding carboxylic acids is 3. The lowest BCUT2D eigenvalue weighted by Crippen LogP contribution is -2.58. The smallest absolute Gasteiger partial charge is 0.351 e. The second-order valence-electron chi connectivity index (χ2n) is 6.62. The van der Waals surface area contributed by atoms with Crippen LogP contribution in [0, 0.1) is 0 Å². The average Bonchev–Trinajstić information content (AvgIpc) is 3.15. The maximum absolute atomic E-state index is 12.4. The van der Waals surface area contributed by atoms with Crippen molar-refractivity contribution < 1.29 is 40.5 Å². The van der Waals surface area contributed by atoms with Gasteiger partial charge in [0, 0.05) is 25.3 Å². The molecule has 1 aromatic rings. The van der Waals surface area contributed by atoms with Gasteiger partial charge in [-0.2, -0.15) is 21.6 Å². The highest BCUT2D eigenvalue weighted by molar-refractivity contribution is 7.86. The Balaban J connectivity index is 0.000000620. The van der Waals surface area contributed by atoms with E-state index in [1.54, 1.807) is 0 Å². The van der Waals surface area contributed by atoms with Crippen molar-refractivity contribution in [3.05, 3.63) is 16.1 Å². The lowest BCUT2D eigenvalue weighted by molar-refractivity contribution is -0.138. The summed E-state index contributed by atoms with van der Waals surface area (Å²) in [5, 5.41) is 7.25. The number of halogens is 3. The predicted molar refractivity (Wildman–Crippen MR) is 114 cm³/mol. The van der Waals surface area contributed by atoms with Gasteiger partial charge >= 0.3 is 21.7 Å². The van der Waals surface area contributed by atoms with Crippen LogP contribution in [0.5, 0.6) is 0 Å². The molecule has 0 spiro atoms. The molecule has 4 amide bonds. The van der Waals surface area contributed by atoms with Crippen LogP contribution in [0.15, 0.2) is 10.4 Å². The normalized spacial score (nSPS) is 17.0. The molecule has 19 heteroatoms. The van der Waals surface area contributed by atoms with Crippen molar-refractivity contribution in [1.82, 2.24) is 20.5 Å². The molecule has 0 fully saturated rings. The summed E-state index contributed by atoms with van der Waals surface area (Å²) >= 11 is 1.45. The van der Waals surface area contributed by atoms with Crippen molar-refractivity contribution in [1.29, 1.82) is 0 Å². The number of hydrogen-bond acceptors (Lipinski definition) is 10. The number of nitrogens with one attached hydrogen (secondary N) is 2. The molecule has 1 aromatic heterocycles. The van der Waals surface area contributed by atoms with Crippen molar-refractivity contribution in [2.75, 3.05) is 20.1 Å². The molecule has 0 aliphatic carbocycles. The Morgan fingerprint density at radius 3 is 2.50 bits per heavy atom. The van der Waals surface area contributed by atoms with Crippen LogP contribution in [0.2, 0.25) is 0 Å². The zero-order valence-corrected chi connectivity index (χ0v) is 19.2. The van der Waals surface area contributed by atoms with Gasteiger partial charge < -0.3 is 22.1 Å². The molecule has 9 N–H and O–H groups in total. The Morgan fingerprint density at radius 2 is 2.03 bits per heavy atom. The molecule has 0 bridgehead atoms. The second kappa shape index (κ2) is 12.0. The first kappa shape index (κ1) is 29.2. The van der Waals surface area contributed by atoms with Crippen molar-refractivity contribution in [2.24, 2.45) is 22.2 Å². The topological polar surface area (TPSA) is 236 Å². The van der Waals surface area contributed by atoms with E-state index in [0.717, 1.165) is 5.01 Å². The molecule has 1 aliphatic heterocycles. The molecule has 0 saturated carbocycles. The van der Waals surface area contributed by atoms with Crippen LogP contribution >= 0.6 is 11.3 Å². The van der Waals surface area contributed by atoms with Crippen LogP contribution in [-0.2, 0) is 26.1 Å². The number of alkyl halides is 3. The minimum absolute atomic E-state index is 0.00217. The number of rotatable bonds is 6. The highest BCUT2D eigenvalue weighted by atomic mass is 32.2. The summed E-state index contributed by atoms with van der Waals surface area (Å²) in [7, 11) is -4.34. The average molecular weight is 533 g/mol. The van der Waals surface area contributed by atoms with Crippen LogP contribution in [0.3, 0.4) is 0 Å². The minimum Gasteiger partial charge on any atom is -0.351 e. The number of aromatic nitrogens is 1. The maximum Gasteiger partial charge on any atom is 0.522 e. The molecular weight excluding hydrogens is 509 g/mol. The van der Waals surface area contributed by atoms with Gasteiger partial charge in [0.25, 0.3) is 5.91 Å². The number of carbonyl (C=O) groups is 3. The van der Waals surface area contributed by atoms with E-state index in [9.17, 15) is 27.6 Å². The number of nitrogens with two attached hydrogens (primary N) is 3. The molecule has 0 aromatic carbocycles. The van der Waals surface area contributed by atoms with Gasteiger partial charge in [0.05, 0.1) is 23.3 Å². The van der Waals surface area contributed by atoms with E-state index in [-0.39, 0.29) is 24.8 Å². The molecule has 14 nitrogen and oxygen atoms in total. The summed E-state index contributed by atoms with van der Waals surface area (Å²) < 4.78 is 57.5. The van der Waals surface area contributed by atoms with Gasteiger partial charge in [-0.15, -0.1) is 11.3 Å². The summed E-state index contributed by atoms with van der Waals surface area (Å²) in [6.45, 7) is 0.504. The predicted octanol–water partition coefficient (Wildman–Crippen LogP) is -1.59. The van der Waals surface area contributed by atoms with Crippen LogP contribution in [0.25, 0.3) is 0 Å². The zero-order chi connectivity index (χ0) is 26.3. The number of thiazole rings is 1. The molecule has 1 aliphatic rings. The minimum atomic E-state index is -5.84. The Morgan fingerprint density at radius 1 is 1.44 bits per heavy atom. The third-order valence-electron chi connectivity index (χ3n) is 4.06. The van der Waals surface area contributed by atoms with Gasteiger partial charge in [-0.1, -0.05) is 0 Å². The monoisotopic (exact) mass is 532 g/mol. The van der Waals surface area contributed by atoms with Gasteiger partial charge in [-0.25, -0.2) is 14.8 Å². The molecule has 0 radical (unpaired) electrons. The number of hydrogen-bond donors (Lipinski definition) is 6. The van der Waals surface area contributed by atoms with E-state index in [1.165, 1.54) is 23.3 Å². The van der Waals surface area contributed by atoms with E-state index in [2.05, 4.69) is 20.6 Å².